The van der Waals surface area contributed by atoms with E-state index in [4.69, 9.17) is 0 Å². The molecule has 0 heterocycles. The third-order valence-corrected chi connectivity index (χ3v) is 3.76. The molecule has 0 saturated carbocycles. The van der Waals surface area contributed by atoms with Crippen LogP contribution in [0.15, 0.2) is 18.2 Å². The molecule has 0 amide bonds. The largest absolute Gasteiger partial charge is 0.383 e. The summed E-state index contributed by atoms with van der Waals surface area (Å²) in [7, 11) is 1.92. The van der Waals surface area contributed by atoms with Gasteiger partial charge in [0.2, 0.25) is 0 Å². The van der Waals surface area contributed by atoms with E-state index in [0.29, 0.717) is 11.7 Å². The topological polar surface area (TPSA) is 15.3 Å². The van der Waals surface area contributed by atoms with Crippen LogP contribution in [0.4, 0.5) is 15.8 Å². The van der Waals surface area contributed by atoms with Gasteiger partial charge in [0.25, 0.3) is 0 Å². The summed E-state index contributed by atoms with van der Waals surface area (Å²) in [6.45, 7) is 8.47. The molecular weight excluding hydrogens is 251 g/mol. The first-order valence-corrected chi connectivity index (χ1v) is 7.74. The molecule has 0 fully saturated rings. The Morgan fingerprint density at radius 1 is 1.20 bits per heavy atom. The SMILES string of the molecule is CCCCCC(C)Nc1ccc(N(C)C(C)C)c(F)c1. The van der Waals surface area contributed by atoms with Gasteiger partial charge in [-0.05, 0) is 45.4 Å². The molecule has 1 unspecified atom stereocenters. The lowest BCUT2D eigenvalue weighted by Gasteiger charge is -2.25. The first kappa shape index (κ1) is 16.8. The van der Waals surface area contributed by atoms with Crippen LogP contribution in [0.5, 0.6) is 0 Å². The fourth-order valence-corrected chi connectivity index (χ4v) is 2.22. The molecular formula is C17H29FN2. The Morgan fingerprint density at radius 2 is 1.90 bits per heavy atom. The highest BCUT2D eigenvalue weighted by atomic mass is 19.1. The van der Waals surface area contributed by atoms with Gasteiger partial charge in [0.1, 0.15) is 5.82 Å². The number of anilines is 2. The van der Waals surface area contributed by atoms with Gasteiger partial charge in [-0.2, -0.15) is 0 Å². The number of hydrogen-bond acceptors (Lipinski definition) is 2. The predicted octanol–water partition coefficient (Wildman–Crippen LogP) is 5.05. The van der Waals surface area contributed by atoms with E-state index in [-0.39, 0.29) is 11.9 Å². The normalized spacial score (nSPS) is 12.6. The van der Waals surface area contributed by atoms with Gasteiger partial charge in [-0.1, -0.05) is 26.2 Å². The number of halogens is 1. The highest BCUT2D eigenvalue weighted by molar-refractivity contribution is 5.56. The van der Waals surface area contributed by atoms with Crippen LogP contribution in [0.1, 0.15) is 53.4 Å². The molecule has 0 bridgehead atoms. The van der Waals surface area contributed by atoms with Crippen molar-refractivity contribution in [2.24, 2.45) is 0 Å². The second-order valence-corrected chi connectivity index (χ2v) is 5.91. The van der Waals surface area contributed by atoms with Crippen molar-refractivity contribution in [3.8, 4) is 0 Å². The molecule has 1 N–H and O–H groups in total. The molecule has 1 aromatic rings. The van der Waals surface area contributed by atoms with Crippen LogP contribution in [0.2, 0.25) is 0 Å². The molecule has 0 aromatic heterocycles. The van der Waals surface area contributed by atoms with E-state index in [9.17, 15) is 4.39 Å². The molecule has 0 aliphatic heterocycles. The van der Waals surface area contributed by atoms with E-state index < -0.39 is 0 Å². The minimum Gasteiger partial charge on any atom is -0.383 e. The Kier molecular flexibility index (Phi) is 6.83. The van der Waals surface area contributed by atoms with E-state index in [0.717, 1.165) is 12.1 Å². The van der Waals surface area contributed by atoms with Gasteiger partial charge < -0.3 is 10.2 Å². The monoisotopic (exact) mass is 280 g/mol. The van der Waals surface area contributed by atoms with Crippen LogP contribution in [-0.4, -0.2) is 19.1 Å². The number of nitrogens with one attached hydrogen (secondary N) is 1. The summed E-state index contributed by atoms with van der Waals surface area (Å²) < 4.78 is 14.1. The molecule has 1 aromatic carbocycles. The minimum absolute atomic E-state index is 0.160. The van der Waals surface area contributed by atoms with Gasteiger partial charge in [-0.3, -0.25) is 0 Å². The summed E-state index contributed by atoms with van der Waals surface area (Å²) in [4.78, 5) is 1.95. The quantitative estimate of drug-likeness (QED) is 0.670. The van der Waals surface area contributed by atoms with Crippen molar-refractivity contribution in [2.45, 2.75) is 65.5 Å². The number of rotatable bonds is 8. The van der Waals surface area contributed by atoms with Crippen molar-refractivity contribution in [3.63, 3.8) is 0 Å². The first-order valence-electron chi connectivity index (χ1n) is 7.74. The second-order valence-electron chi connectivity index (χ2n) is 5.91. The number of benzene rings is 1. The lowest BCUT2D eigenvalue weighted by Crippen LogP contribution is -2.26. The summed E-state index contributed by atoms with van der Waals surface area (Å²) in [5, 5.41) is 3.38. The van der Waals surface area contributed by atoms with Crippen LogP contribution in [0.3, 0.4) is 0 Å². The van der Waals surface area contributed by atoms with Crippen LogP contribution < -0.4 is 10.2 Å². The Labute approximate surface area is 123 Å². The summed E-state index contributed by atoms with van der Waals surface area (Å²) in [5.74, 6) is -0.160. The number of nitrogens with zero attached hydrogens (tertiary/aromatic N) is 1. The number of hydrogen-bond donors (Lipinski definition) is 1. The van der Waals surface area contributed by atoms with Crippen molar-refractivity contribution >= 4 is 11.4 Å². The van der Waals surface area contributed by atoms with Gasteiger partial charge in [-0.15, -0.1) is 0 Å². The Morgan fingerprint density at radius 3 is 2.45 bits per heavy atom. The molecule has 1 rings (SSSR count). The summed E-state index contributed by atoms with van der Waals surface area (Å²) in [6.07, 6.45) is 4.85. The summed E-state index contributed by atoms with van der Waals surface area (Å²) in [6, 6.07) is 6.10. The van der Waals surface area contributed by atoms with Gasteiger partial charge in [0.05, 0.1) is 5.69 Å². The lowest BCUT2D eigenvalue weighted by molar-refractivity contribution is 0.607. The third-order valence-electron chi connectivity index (χ3n) is 3.76. The summed E-state index contributed by atoms with van der Waals surface area (Å²) in [5.41, 5.74) is 1.52. The average Bonchev–Trinajstić information content (AvgIpc) is 2.38. The standard InChI is InChI=1S/C17H29FN2/c1-6-7-8-9-14(4)19-15-10-11-17(16(18)12-15)20(5)13(2)3/h10-14,19H,6-9H2,1-5H3. The molecule has 0 saturated heterocycles. The molecule has 0 aliphatic rings. The van der Waals surface area contributed by atoms with Crippen LogP contribution >= 0.6 is 0 Å². The molecule has 0 radical (unpaired) electrons. The van der Waals surface area contributed by atoms with E-state index in [2.05, 4.69) is 33.0 Å². The molecule has 1 atom stereocenters. The average molecular weight is 280 g/mol. The highest BCUT2D eigenvalue weighted by Crippen LogP contribution is 2.24. The van der Waals surface area contributed by atoms with Crippen molar-refractivity contribution in [3.05, 3.63) is 24.0 Å². The zero-order valence-electron chi connectivity index (χ0n) is 13.5. The second kappa shape index (κ2) is 8.13. The van der Waals surface area contributed by atoms with Crippen LogP contribution in [-0.2, 0) is 0 Å². The molecule has 0 aliphatic carbocycles. The van der Waals surface area contributed by atoms with Gasteiger partial charge in [-0.25, -0.2) is 4.39 Å². The van der Waals surface area contributed by atoms with Gasteiger partial charge >= 0.3 is 0 Å². The maximum atomic E-state index is 14.1. The first-order chi connectivity index (χ1) is 9.45. The Hall–Kier alpha value is -1.25. The van der Waals surface area contributed by atoms with Crippen molar-refractivity contribution in [2.75, 3.05) is 17.3 Å². The van der Waals surface area contributed by atoms with Crippen molar-refractivity contribution in [1.29, 1.82) is 0 Å². The number of unbranched alkanes of at least 4 members (excludes halogenated alkanes) is 2. The smallest absolute Gasteiger partial charge is 0.148 e. The molecule has 20 heavy (non-hydrogen) atoms. The maximum absolute atomic E-state index is 14.1. The maximum Gasteiger partial charge on any atom is 0.148 e. The van der Waals surface area contributed by atoms with E-state index in [1.165, 1.54) is 19.3 Å². The van der Waals surface area contributed by atoms with E-state index >= 15 is 0 Å². The Bertz CT molecular complexity index is 404. The molecule has 2 nitrogen and oxygen atoms in total. The predicted molar refractivity (Wildman–Crippen MR) is 87.2 cm³/mol. The van der Waals surface area contributed by atoms with E-state index in [1.54, 1.807) is 6.07 Å². The zero-order valence-corrected chi connectivity index (χ0v) is 13.5. The molecule has 0 spiro atoms. The van der Waals surface area contributed by atoms with E-state index in [1.807, 2.05) is 24.1 Å². The summed E-state index contributed by atoms with van der Waals surface area (Å²) >= 11 is 0. The lowest BCUT2D eigenvalue weighted by atomic mass is 10.1. The molecule has 114 valence electrons. The van der Waals surface area contributed by atoms with Crippen molar-refractivity contribution < 1.29 is 4.39 Å². The zero-order chi connectivity index (χ0) is 15.1. The minimum atomic E-state index is -0.160. The van der Waals surface area contributed by atoms with Crippen LogP contribution in [0.25, 0.3) is 0 Å². The third kappa shape index (κ3) is 5.03. The fraction of sp³-hybridized carbons (Fsp3) is 0.647. The molecule has 3 heteroatoms. The van der Waals surface area contributed by atoms with Gasteiger partial charge in [0.15, 0.2) is 0 Å². The van der Waals surface area contributed by atoms with Crippen LogP contribution in [0, 0.1) is 5.82 Å². The Balaban J connectivity index is 2.63. The van der Waals surface area contributed by atoms with Crippen molar-refractivity contribution in [1.82, 2.24) is 0 Å². The fourth-order valence-electron chi connectivity index (χ4n) is 2.22. The highest BCUT2D eigenvalue weighted by Gasteiger charge is 2.11. The van der Waals surface area contributed by atoms with Gasteiger partial charge in [0, 0.05) is 24.8 Å².